The molecule has 5 heteroatoms. The largest absolute Gasteiger partial charge is 0.507 e. The van der Waals surface area contributed by atoms with E-state index >= 15 is 0 Å². The third-order valence-corrected chi connectivity index (χ3v) is 5.44. The maximum Gasteiger partial charge on any atom is 0.124 e. The van der Waals surface area contributed by atoms with Gasteiger partial charge in [0.05, 0.1) is 5.70 Å². The van der Waals surface area contributed by atoms with Crippen LogP contribution in [0.5, 0.6) is 11.5 Å². The zero-order chi connectivity index (χ0) is 21.2. The van der Waals surface area contributed by atoms with Crippen molar-refractivity contribution in [3.05, 3.63) is 113 Å². The minimum Gasteiger partial charge on any atom is -0.507 e. The number of phenols is 2. The minimum absolute atomic E-state index is 0. The number of aromatic hydroxyl groups is 2. The fourth-order valence-corrected chi connectivity index (χ4v) is 3.90. The van der Waals surface area contributed by atoms with Crippen molar-refractivity contribution in [1.82, 2.24) is 0 Å². The van der Waals surface area contributed by atoms with Crippen molar-refractivity contribution in [3.63, 3.8) is 0 Å². The van der Waals surface area contributed by atoms with E-state index in [4.69, 9.17) is 9.98 Å². The van der Waals surface area contributed by atoms with Crippen LogP contribution in [0.15, 0.2) is 101 Å². The molecule has 4 aromatic carbocycles. The number of benzene rings is 4. The summed E-state index contributed by atoms with van der Waals surface area (Å²) in [4.78, 5) is 9.54. The van der Waals surface area contributed by atoms with E-state index < -0.39 is 0 Å². The zero-order valence-electron chi connectivity index (χ0n) is 17.2. The van der Waals surface area contributed by atoms with E-state index in [1.807, 2.05) is 42.5 Å². The number of nitrogens with zero attached hydrogens (tertiary/aromatic N) is 2. The monoisotopic (exact) mass is 494 g/mol. The molecule has 1 aliphatic carbocycles. The first-order valence-electron chi connectivity index (χ1n) is 10.1. The van der Waals surface area contributed by atoms with Crippen LogP contribution in [-0.2, 0) is 26.2 Å². The summed E-state index contributed by atoms with van der Waals surface area (Å²) in [6.07, 6.45) is 5.40. The van der Waals surface area contributed by atoms with Gasteiger partial charge < -0.3 is 10.2 Å². The summed E-state index contributed by atoms with van der Waals surface area (Å²) in [7, 11) is 0. The molecular formula is C27H20N2O2Zr. The predicted molar refractivity (Wildman–Crippen MR) is 126 cm³/mol. The minimum atomic E-state index is -0.333. The second-order valence-corrected chi connectivity index (χ2v) is 7.42. The second-order valence-electron chi connectivity index (χ2n) is 7.42. The van der Waals surface area contributed by atoms with Gasteiger partial charge in [0.1, 0.15) is 17.5 Å². The average molecular weight is 496 g/mol. The van der Waals surface area contributed by atoms with Gasteiger partial charge in [0.25, 0.3) is 0 Å². The maximum absolute atomic E-state index is 10.1. The van der Waals surface area contributed by atoms with Gasteiger partial charge in [0.2, 0.25) is 0 Å². The molecule has 4 aromatic rings. The van der Waals surface area contributed by atoms with E-state index in [-0.39, 0.29) is 43.7 Å². The summed E-state index contributed by atoms with van der Waals surface area (Å²) < 4.78 is 0. The number of rotatable bonds is 4. The topological polar surface area (TPSA) is 65.2 Å². The molecular weight excluding hydrogens is 476 g/mol. The molecule has 0 bridgehead atoms. The van der Waals surface area contributed by atoms with Crippen molar-refractivity contribution < 1.29 is 36.4 Å². The van der Waals surface area contributed by atoms with Crippen LogP contribution in [-0.4, -0.2) is 22.6 Å². The smallest absolute Gasteiger partial charge is 0.124 e. The number of aliphatic imine (C=N–C) groups is 2. The Hall–Kier alpha value is -3.30. The number of hydrogen-bond donors (Lipinski definition) is 2. The molecule has 32 heavy (non-hydrogen) atoms. The molecule has 0 heterocycles. The van der Waals surface area contributed by atoms with Crippen molar-refractivity contribution in [1.29, 1.82) is 0 Å². The van der Waals surface area contributed by atoms with Crippen molar-refractivity contribution >= 4 is 29.3 Å². The molecule has 5 rings (SSSR count). The normalized spacial score (nSPS) is 15.1. The quantitative estimate of drug-likeness (QED) is 0.347. The standard InChI is InChI=1S/C27H20N2O2.Zr/c30-24-13-3-1-7-20(24)16-28-23-15-19-11-5-9-18-10-6-12-22(26(18)19)27(23)29-17-21-8-2-4-14-25(21)31;/h1-17,27,30-31H;. The van der Waals surface area contributed by atoms with Crippen molar-refractivity contribution in [2.75, 3.05) is 0 Å². The van der Waals surface area contributed by atoms with Gasteiger partial charge in [-0.1, -0.05) is 60.7 Å². The van der Waals surface area contributed by atoms with Crippen molar-refractivity contribution in [2.24, 2.45) is 9.98 Å². The molecule has 154 valence electrons. The van der Waals surface area contributed by atoms with Gasteiger partial charge in [-0.2, -0.15) is 0 Å². The first kappa shape index (κ1) is 21.9. The predicted octanol–water partition coefficient (Wildman–Crippen LogP) is 5.88. The van der Waals surface area contributed by atoms with Crippen LogP contribution in [0, 0.1) is 0 Å². The van der Waals surface area contributed by atoms with Crippen LogP contribution in [0.25, 0.3) is 16.8 Å². The van der Waals surface area contributed by atoms with Gasteiger partial charge in [0, 0.05) is 49.8 Å². The molecule has 0 spiro atoms. The Morgan fingerprint density at radius 2 is 1.31 bits per heavy atom. The molecule has 0 fully saturated rings. The van der Waals surface area contributed by atoms with E-state index in [1.54, 1.807) is 36.7 Å². The number of hydrogen-bond acceptors (Lipinski definition) is 4. The van der Waals surface area contributed by atoms with Gasteiger partial charge in [-0.05, 0) is 52.2 Å². The Morgan fingerprint density at radius 1 is 0.688 bits per heavy atom. The van der Waals surface area contributed by atoms with Crippen molar-refractivity contribution in [3.8, 4) is 11.5 Å². The molecule has 0 saturated carbocycles. The summed E-state index contributed by atoms with van der Waals surface area (Å²) in [5, 5.41) is 22.5. The van der Waals surface area contributed by atoms with Crippen LogP contribution in [0.2, 0.25) is 0 Å². The Labute approximate surface area is 205 Å². The van der Waals surface area contributed by atoms with Gasteiger partial charge in [-0.3, -0.25) is 9.98 Å². The van der Waals surface area contributed by atoms with Crippen molar-refractivity contribution in [2.45, 2.75) is 6.04 Å². The van der Waals surface area contributed by atoms with E-state index in [9.17, 15) is 10.2 Å². The third kappa shape index (κ3) is 4.21. The van der Waals surface area contributed by atoms with E-state index in [2.05, 4.69) is 24.3 Å². The van der Waals surface area contributed by atoms with Crippen LogP contribution in [0.4, 0.5) is 0 Å². The van der Waals surface area contributed by atoms with Gasteiger partial charge in [-0.15, -0.1) is 0 Å². The van der Waals surface area contributed by atoms with Gasteiger partial charge in [-0.25, -0.2) is 0 Å². The van der Waals surface area contributed by atoms with Crippen LogP contribution in [0.1, 0.15) is 28.3 Å². The Bertz CT molecular complexity index is 1370. The summed E-state index contributed by atoms with van der Waals surface area (Å²) in [5.41, 5.74) is 4.21. The molecule has 0 aromatic heterocycles. The third-order valence-electron chi connectivity index (χ3n) is 5.44. The van der Waals surface area contributed by atoms with Gasteiger partial charge in [0.15, 0.2) is 0 Å². The van der Waals surface area contributed by atoms with Crippen LogP contribution < -0.4 is 0 Å². The summed E-state index contributed by atoms with van der Waals surface area (Å²) >= 11 is 0. The zero-order valence-corrected chi connectivity index (χ0v) is 19.6. The first-order chi connectivity index (χ1) is 15.2. The molecule has 0 saturated heterocycles. The Morgan fingerprint density at radius 3 is 2.00 bits per heavy atom. The fourth-order valence-electron chi connectivity index (χ4n) is 3.90. The number of para-hydroxylation sites is 2. The molecule has 0 amide bonds. The maximum atomic E-state index is 10.1. The van der Waals surface area contributed by atoms with Crippen LogP contribution in [0.3, 0.4) is 0 Å². The molecule has 0 radical (unpaired) electrons. The summed E-state index contributed by atoms with van der Waals surface area (Å²) in [6, 6.07) is 26.3. The average Bonchev–Trinajstić information content (AvgIpc) is 2.79. The fraction of sp³-hybridized carbons (Fsp3) is 0.0370. The second kappa shape index (κ2) is 9.46. The van der Waals surface area contributed by atoms with E-state index in [0.29, 0.717) is 11.1 Å². The summed E-state index contributed by atoms with van der Waals surface area (Å²) in [5.74, 6) is 0.364. The van der Waals surface area contributed by atoms with E-state index in [0.717, 1.165) is 27.6 Å². The van der Waals surface area contributed by atoms with Crippen LogP contribution >= 0.6 is 0 Å². The molecule has 1 aliphatic rings. The molecule has 1 atom stereocenters. The Balaban J connectivity index is 0.00000245. The van der Waals surface area contributed by atoms with E-state index in [1.165, 1.54) is 0 Å². The first-order valence-corrected chi connectivity index (χ1v) is 10.1. The van der Waals surface area contributed by atoms with Gasteiger partial charge >= 0.3 is 0 Å². The molecule has 1 unspecified atom stereocenters. The molecule has 2 N–H and O–H groups in total. The molecule has 4 nitrogen and oxygen atoms in total. The number of phenolic OH excluding ortho intramolecular Hbond substituents is 2. The Kier molecular flexibility index (Phi) is 6.48. The molecule has 0 aliphatic heterocycles. The summed E-state index contributed by atoms with van der Waals surface area (Å²) in [6.45, 7) is 0. The SMILES string of the molecule is Oc1ccccc1C=NC1=Cc2cccc3cccc(c23)C1N=Cc1ccccc1O.[Zr].